The summed E-state index contributed by atoms with van der Waals surface area (Å²) in [5, 5.41) is 5.74. The number of benzene rings is 1. The first-order chi connectivity index (χ1) is 12.6. The maximum Gasteiger partial charge on any atom is 0.270 e. The van der Waals surface area contributed by atoms with Gasteiger partial charge in [0.1, 0.15) is 11.5 Å². The van der Waals surface area contributed by atoms with Gasteiger partial charge in [-0.1, -0.05) is 25.0 Å². The van der Waals surface area contributed by atoms with E-state index < -0.39 is 0 Å². The molecule has 2 heterocycles. The molecule has 1 saturated heterocycles. The molecule has 0 aromatic heterocycles. The first-order valence-corrected chi connectivity index (χ1v) is 9.55. The van der Waals surface area contributed by atoms with Crippen molar-refractivity contribution in [3.63, 3.8) is 0 Å². The van der Waals surface area contributed by atoms with Gasteiger partial charge in [0.15, 0.2) is 0 Å². The summed E-state index contributed by atoms with van der Waals surface area (Å²) in [6, 6.07) is 6.37. The minimum atomic E-state index is -0.311. The molecule has 1 aliphatic carbocycles. The normalized spacial score (nSPS) is 25.9. The molecule has 1 aromatic rings. The third-order valence-electron chi connectivity index (χ3n) is 5.87. The van der Waals surface area contributed by atoms with Gasteiger partial charge in [0.05, 0.1) is 6.54 Å². The smallest absolute Gasteiger partial charge is 0.270 e. The highest BCUT2D eigenvalue weighted by Crippen LogP contribution is 2.36. The zero-order valence-electron chi connectivity index (χ0n) is 14.9. The number of nitrogens with zero attached hydrogens (tertiary/aromatic N) is 3. The second kappa shape index (κ2) is 7.17. The van der Waals surface area contributed by atoms with Crippen LogP contribution in [0.2, 0.25) is 0 Å². The number of carbonyl (C=O) groups is 2. The van der Waals surface area contributed by atoms with Gasteiger partial charge in [-0.15, -0.1) is 0 Å². The van der Waals surface area contributed by atoms with Crippen LogP contribution in [-0.4, -0.2) is 40.0 Å². The molecule has 6 heteroatoms. The Hall–Kier alpha value is -2.24. The minimum absolute atomic E-state index is 0.00370. The first-order valence-electron chi connectivity index (χ1n) is 9.55. The molecule has 0 bridgehead atoms. The predicted octanol–water partition coefficient (Wildman–Crippen LogP) is 3.10. The zero-order valence-corrected chi connectivity index (χ0v) is 14.9. The van der Waals surface area contributed by atoms with Crippen LogP contribution in [0.1, 0.15) is 50.5 Å². The van der Waals surface area contributed by atoms with Gasteiger partial charge in [0.2, 0.25) is 5.91 Å². The van der Waals surface area contributed by atoms with Crippen LogP contribution in [-0.2, 0) is 16.1 Å². The van der Waals surface area contributed by atoms with Crippen LogP contribution < -0.4 is 0 Å². The Kier molecular flexibility index (Phi) is 4.74. The number of carbonyl (C=O) groups excluding carboxylic acids is 2. The van der Waals surface area contributed by atoms with Crippen molar-refractivity contribution in [3.05, 3.63) is 35.6 Å². The molecule has 4 rings (SSSR count). The van der Waals surface area contributed by atoms with Crippen LogP contribution in [0.25, 0.3) is 0 Å². The highest BCUT2D eigenvalue weighted by molar-refractivity contribution is 6.39. The van der Waals surface area contributed by atoms with Crippen LogP contribution in [0.5, 0.6) is 0 Å². The number of hydrazone groups is 1. The van der Waals surface area contributed by atoms with Gasteiger partial charge in [-0.3, -0.25) is 9.59 Å². The third kappa shape index (κ3) is 3.37. The van der Waals surface area contributed by atoms with Gasteiger partial charge >= 0.3 is 0 Å². The third-order valence-corrected chi connectivity index (χ3v) is 5.87. The number of hydrogen-bond donors (Lipinski definition) is 0. The Bertz CT molecular complexity index is 731. The summed E-state index contributed by atoms with van der Waals surface area (Å²) >= 11 is 0. The van der Waals surface area contributed by atoms with Crippen molar-refractivity contribution in [2.24, 2.45) is 11.0 Å². The first kappa shape index (κ1) is 17.2. The van der Waals surface area contributed by atoms with E-state index in [0.717, 1.165) is 24.9 Å². The Morgan fingerprint density at radius 1 is 1.12 bits per heavy atom. The second-order valence-corrected chi connectivity index (χ2v) is 7.52. The van der Waals surface area contributed by atoms with E-state index in [2.05, 4.69) is 5.10 Å². The van der Waals surface area contributed by atoms with E-state index in [-0.39, 0.29) is 24.2 Å². The van der Waals surface area contributed by atoms with Crippen molar-refractivity contribution < 1.29 is 14.0 Å². The number of fused-ring (bicyclic) bond motifs is 1. The van der Waals surface area contributed by atoms with Gasteiger partial charge in [-0.05, 0) is 42.9 Å². The molecule has 5 nitrogen and oxygen atoms in total. The average molecular weight is 357 g/mol. The van der Waals surface area contributed by atoms with Gasteiger partial charge in [0.25, 0.3) is 5.91 Å². The van der Waals surface area contributed by atoms with Crippen LogP contribution in [0, 0.1) is 11.7 Å². The number of halogens is 1. The highest BCUT2D eigenvalue weighted by Gasteiger charge is 2.40. The maximum atomic E-state index is 13.1. The average Bonchev–Trinajstić information content (AvgIpc) is 3.09. The molecule has 3 aliphatic rings. The fourth-order valence-electron chi connectivity index (χ4n) is 4.47. The second-order valence-electron chi connectivity index (χ2n) is 7.52. The number of hydrogen-bond acceptors (Lipinski definition) is 3. The number of amides is 2. The van der Waals surface area contributed by atoms with Crippen LogP contribution in [0.3, 0.4) is 0 Å². The standard InChI is InChI=1S/C20H24FN3O2/c21-16-7-5-14(6-8-16)13-24-19(25)10-9-17(22-24)20(26)23-12-11-15-3-1-2-4-18(15)23/h5-8,15,18H,1-4,9-13H2. The van der Waals surface area contributed by atoms with Crippen LogP contribution in [0.4, 0.5) is 4.39 Å². The Labute approximate surface area is 152 Å². The fourth-order valence-corrected chi connectivity index (χ4v) is 4.47. The van der Waals surface area contributed by atoms with Gasteiger partial charge < -0.3 is 4.90 Å². The summed E-state index contributed by atoms with van der Waals surface area (Å²) < 4.78 is 13.1. The topological polar surface area (TPSA) is 53.0 Å². The largest absolute Gasteiger partial charge is 0.334 e. The summed E-state index contributed by atoms with van der Waals surface area (Å²) in [5.74, 6) is 0.224. The molecule has 0 N–H and O–H groups in total. The molecule has 1 aromatic carbocycles. The molecular formula is C20H24FN3O2. The molecule has 2 fully saturated rings. The summed E-state index contributed by atoms with van der Waals surface area (Å²) in [4.78, 5) is 27.2. The van der Waals surface area contributed by atoms with Crippen molar-refractivity contribution in [1.29, 1.82) is 0 Å². The molecule has 2 amide bonds. The van der Waals surface area contributed by atoms with E-state index in [4.69, 9.17) is 0 Å². The Balaban J connectivity index is 1.49. The molecule has 2 atom stereocenters. The van der Waals surface area contributed by atoms with Crippen molar-refractivity contribution in [2.45, 2.75) is 57.5 Å². The number of rotatable bonds is 3. The van der Waals surface area contributed by atoms with Gasteiger partial charge in [0, 0.05) is 25.4 Å². The van der Waals surface area contributed by atoms with Crippen molar-refractivity contribution in [1.82, 2.24) is 9.91 Å². The van der Waals surface area contributed by atoms with E-state index >= 15 is 0 Å². The molecular weight excluding hydrogens is 333 g/mol. The minimum Gasteiger partial charge on any atom is -0.334 e. The highest BCUT2D eigenvalue weighted by atomic mass is 19.1. The molecule has 0 spiro atoms. The van der Waals surface area contributed by atoms with Crippen LogP contribution >= 0.6 is 0 Å². The van der Waals surface area contributed by atoms with Crippen LogP contribution in [0.15, 0.2) is 29.4 Å². The lowest BCUT2D eigenvalue weighted by atomic mass is 9.85. The molecule has 2 aliphatic heterocycles. The number of likely N-dealkylation sites (tertiary alicyclic amines) is 1. The molecule has 1 saturated carbocycles. The van der Waals surface area contributed by atoms with E-state index in [0.29, 0.717) is 30.5 Å². The summed E-state index contributed by atoms with van der Waals surface area (Å²) in [6.45, 7) is 1.07. The Morgan fingerprint density at radius 2 is 1.88 bits per heavy atom. The van der Waals surface area contributed by atoms with E-state index in [9.17, 15) is 14.0 Å². The molecule has 26 heavy (non-hydrogen) atoms. The molecule has 2 unspecified atom stereocenters. The van der Waals surface area contributed by atoms with Gasteiger partial charge in [-0.2, -0.15) is 5.10 Å². The van der Waals surface area contributed by atoms with Crippen molar-refractivity contribution in [2.75, 3.05) is 6.54 Å². The lowest BCUT2D eigenvalue weighted by Crippen LogP contribution is -2.45. The monoisotopic (exact) mass is 357 g/mol. The van der Waals surface area contributed by atoms with Gasteiger partial charge in [-0.25, -0.2) is 9.40 Å². The van der Waals surface area contributed by atoms with E-state index in [1.54, 1.807) is 12.1 Å². The lowest BCUT2D eigenvalue weighted by Gasteiger charge is -2.33. The molecule has 0 radical (unpaired) electrons. The quantitative estimate of drug-likeness (QED) is 0.835. The summed E-state index contributed by atoms with van der Waals surface area (Å²) in [5.41, 5.74) is 1.28. The lowest BCUT2D eigenvalue weighted by molar-refractivity contribution is -0.132. The zero-order chi connectivity index (χ0) is 18.1. The summed E-state index contributed by atoms with van der Waals surface area (Å²) in [7, 11) is 0. The predicted molar refractivity (Wildman–Crippen MR) is 95.7 cm³/mol. The maximum absolute atomic E-state index is 13.1. The summed E-state index contributed by atoms with van der Waals surface area (Å²) in [6.07, 6.45) is 6.55. The van der Waals surface area contributed by atoms with Crippen molar-refractivity contribution in [3.8, 4) is 0 Å². The SMILES string of the molecule is O=C1CCC(C(=O)N2CCC3CCCCC32)=NN1Cc1ccc(F)cc1. The molecule has 138 valence electrons. The fraction of sp³-hybridized carbons (Fsp3) is 0.550. The van der Waals surface area contributed by atoms with E-state index in [1.807, 2.05) is 4.90 Å². The Morgan fingerprint density at radius 3 is 2.69 bits per heavy atom. The van der Waals surface area contributed by atoms with E-state index in [1.165, 1.54) is 36.4 Å². The van der Waals surface area contributed by atoms with Crippen molar-refractivity contribution >= 4 is 17.5 Å².